The molecule has 0 amide bonds. The van der Waals surface area contributed by atoms with Gasteiger partial charge in [0.25, 0.3) is 0 Å². The van der Waals surface area contributed by atoms with Gasteiger partial charge in [-0.2, -0.15) is 0 Å². The topological polar surface area (TPSA) is 47.6 Å². The van der Waals surface area contributed by atoms with Gasteiger partial charge in [-0.1, -0.05) is 6.92 Å². The Kier molecular flexibility index (Phi) is 7.52. The Morgan fingerprint density at radius 2 is 1.84 bits per heavy atom. The minimum absolute atomic E-state index is 0.245. The van der Waals surface area contributed by atoms with E-state index in [1.807, 2.05) is 31.2 Å². The van der Waals surface area contributed by atoms with Crippen LogP contribution in [-0.4, -0.2) is 42.5 Å². The third-order valence-corrected chi connectivity index (χ3v) is 4.27. The van der Waals surface area contributed by atoms with Gasteiger partial charge in [0.05, 0.1) is 7.11 Å². The molecule has 2 atom stereocenters. The molecular formula is C14H23NO3S. The molecule has 1 rings (SSSR count). The molecule has 0 aromatic heterocycles. The van der Waals surface area contributed by atoms with Crippen LogP contribution in [0.15, 0.2) is 24.3 Å². The molecule has 0 saturated carbocycles. The molecule has 2 unspecified atom stereocenters. The van der Waals surface area contributed by atoms with Crippen molar-refractivity contribution in [2.24, 2.45) is 0 Å². The van der Waals surface area contributed by atoms with Crippen molar-refractivity contribution in [3.05, 3.63) is 24.3 Å². The van der Waals surface area contributed by atoms with Crippen LogP contribution < -0.4 is 14.8 Å². The van der Waals surface area contributed by atoms with Crippen LogP contribution in [0.5, 0.6) is 11.5 Å². The summed E-state index contributed by atoms with van der Waals surface area (Å²) in [5, 5.41) is 3.53. The SMILES string of the molecule is COc1ccc(OCCNCCC(C)S(C)=O)cc1. The summed E-state index contributed by atoms with van der Waals surface area (Å²) < 4.78 is 21.8. The van der Waals surface area contributed by atoms with Crippen LogP contribution in [0.25, 0.3) is 0 Å². The fraction of sp³-hybridized carbons (Fsp3) is 0.571. The van der Waals surface area contributed by atoms with Crippen LogP contribution in [0.2, 0.25) is 0 Å². The molecule has 1 N–H and O–H groups in total. The first-order valence-corrected chi connectivity index (χ1v) is 8.05. The molecule has 4 nitrogen and oxygen atoms in total. The number of hydrogen-bond donors (Lipinski definition) is 1. The summed E-state index contributed by atoms with van der Waals surface area (Å²) in [7, 11) is 0.909. The number of ether oxygens (including phenoxy) is 2. The highest BCUT2D eigenvalue weighted by molar-refractivity contribution is 7.84. The zero-order chi connectivity index (χ0) is 14.1. The number of hydrogen-bond acceptors (Lipinski definition) is 4. The van der Waals surface area contributed by atoms with Crippen LogP contribution in [0.3, 0.4) is 0 Å². The summed E-state index contributed by atoms with van der Waals surface area (Å²) in [4.78, 5) is 0. The fourth-order valence-corrected chi connectivity index (χ4v) is 1.96. The quantitative estimate of drug-likeness (QED) is 0.703. The lowest BCUT2D eigenvalue weighted by atomic mass is 10.3. The van der Waals surface area contributed by atoms with Crippen molar-refractivity contribution in [3.8, 4) is 11.5 Å². The van der Waals surface area contributed by atoms with Crippen molar-refractivity contribution in [2.75, 3.05) is 33.1 Å². The van der Waals surface area contributed by atoms with Crippen molar-refractivity contribution < 1.29 is 13.7 Å². The molecule has 1 aromatic carbocycles. The monoisotopic (exact) mass is 285 g/mol. The average molecular weight is 285 g/mol. The second-order valence-corrected chi connectivity index (χ2v) is 6.17. The van der Waals surface area contributed by atoms with Gasteiger partial charge in [0.15, 0.2) is 0 Å². The summed E-state index contributed by atoms with van der Waals surface area (Å²) in [6.45, 7) is 4.28. The molecule has 1 aromatic rings. The zero-order valence-corrected chi connectivity index (χ0v) is 12.7. The lowest BCUT2D eigenvalue weighted by Gasteiger charge is -2.10. The molecule has 0 aliphatic heterocycles. The van der Waals surface area contributed by atoms with Crippen molar-refractivity contribution in [2.45, 2.75) is 18.6 Å². The third kappa shape index (κ3) is 6.59. The Balaban J connectivity index is 2.08. The summed E-state index contributed by atoms with van der Waals surface area (Å²) >= 11 is 0. The second kappa shape index (κ2) is 8.93. The summed E-state index contributed by atoms with van der Waals surface area (Å²) in [6, 6.07) is 7.53. The molecule has 0 aliphatic carbocycles. The lowest BCUT2D eigenvalue weighted by Crippen LogP contribution is -2.25. The Morgan fingerprint density at radius 3 is 2.42 bits per heavy atom. The van der Waals surface area contributed by atoms with Gasteiger partial charge >= 0.3 is 0 Å². The van der Waals surface area contributed by atoms with Gasteiger partial charge in [0, 0.05) is 28.9 Å². The summed E-state index contributed by atoms with van der Waals surface area (Å²) in [6.07, 6.45) is 2.67. The number of methoxy groups -OCH3 is 1. The molecular weight excluding hydrogens is 262 g/mol. The smallest absolute Gasteiger partial charge is 0.119 e. The van der Waals surface area contributed by atoms with E-state index in [2.05, 4.69) is 5.32 Å². The highest BCUT2D eigenvalue weighted by Crippen LogP contribution is 2.16. The number of rotatable bonds is 9. The largest absolute Gasteiger partial charge is 0.497 e. The van der Waals surface area contributed by atoms with Crippen molar-refractivity contribution in [1.29, 1.82) is 0 Å². The first kappa shape index (κ1) is 16.0. The Hall–Kier alpha value is -1.07. The first-order chi connectivity index (χ1) is 9.13. The molecule has 0 bridgehead atoms. The minimum Gasteiger partial charge on any atom is -0.497 e. The summed E-state index contributed by atoms with van der Waals surface area (Å²) in [5.74, 6) is 1.66. The summed E-state index contributed by atoms with van der Waals surface area (Å²) in [5.41, 5.74) is 0. The molecule has 108 valence electrons. The van der Waals surface area contributed by atoms with Crippen LogP contribution in [0, 0.1) is 0 Å². The van der Waals surface area contributed by atoms with E-state index in [1.54, 1.807) is 13.4 Å². The van der Waals surface area contributed by atoms with Crippen LogP contribution in [0.1, 0.15) is 13.3 Å². The molecule has 0 radical (unpaired) electrons. The third-order valence-electron chi connectivity index (χ3n) is 2.90. The van der Waals surface area contributed by atoms with Gasteiger partial charge in [-0.25, -0.2) is 0 Å². The Labute approximate surface area is 118 Å². The standard InChI is InChI=1S/C14H23NO3S/c1-12(19(3)16)8-9-15-10-11-18-14-6-4-13(17-2)5-7-14/h4-7,12,15H,8-11H2,1-3H3. The molecule has 0 heterocycles. The predicted molar refractivity (Wildman–Crippen MR) is 79.5 cm³/mol. The van der Waals surface area contributed by atoms with Gasteiger partial charge in [0.1, 0.15) is 18.1 Å². The second-order valence-electron chi connectivity index (χ2n) is 4.37. The van der Waals surface area contributed by atoms with Gasteiger partial charge < -0.3 is 14.8 Å². The van der Waals surface area contributed by atoms with Gasteiger partial charge in [0.2, 0.25) is 0 Å². The zero-order valence-electron chi connectivity index (χ0n) is 11.8. The minimum atomic E-state index is -0.734. The van der Waals surface area contributed by atoms with Crippen LogP contribution in [0.4, 0.5) is 0 Å². The van der Waals surface area contributed by atoms with Crippen molar-refractivity contribution in [1.82, 2.24) is 5.32 Å². The van der Waals surface area contributed by atoms with E-state index in [4.69, 9.17) is 9.47 Å². The van der Waals surface area contributed by atoms with Crippen LogP contribution in [-0.2, 0) is 10.8 Å². The average Bonchev–Trinajstić information content (AvgIpc) is 2.42. The highest BCUT2D eigenvalue weighted by atomic mass is 32.2. The van der Waals surface area contributed by atoms with Gasteiger partial charge in [-0.3, -0.25) is 4.21 Å². The maximum atomic E-state index is 11.1. The molecule has 0 spiro atoms. The molecule has 0 fully saturated rings. The van der Waals surface area contributed by atoms with Crippen molar-refractivity contribution in [3.63, 3.8) is 0 Å². The van der Waals surface area contributed by atoms with E-state index in [0.717, 1.165) is 31.0 Å². The lowest BCUT2D eigenvalue weighted by molar-refractivity contribution is 0.313. The molecule has 0 aliphatic rings. The van der Waals surface area contributed by atoms with E-state index in [1.165, 1.54) is 0 Å². The van der Waals surface area contributed by atoms with E-state index in [0.29, 0.717) is 6.61 Å². The normalized spacial score (nSPS) is 13.8. The number of benzene rings is 1. The van der Waals surface area contributed by atoms with Crippen molar-refractivity contribution >= 4 is 10.8 Å². The number of nitrogens with one attached hydrogen (secondary N) is 1. The molecule has 5 heteroatoms. The fourth-order valence-electron chi connectivity index (χ4n) is 1.51. The van der Waals surface area contributed by atoms with E-state index in [-0.39, 0.29) is 5.25 Å². The molecule has 0 saturated heterocycles. The molecule has 19 heavy (non-hydrogen) atoms. The van der Waals surface area contributed by atoms with E-state index >= 15 is 0 Å². The van der Waals surface area contributed by atoms with Crippen LogP contribution >= 0.6 is 0 Å². The highest BCUT2D eigenvalue weighted by Gasteiger charge is 2.04. The first-order valence-electron chi connectivity index (χ1n) is 6.43. The Bertz CT molecular complexity index is 381. The maximum absolute atomic E-state index is 11.1. The predicted octanol–water partition coefficient (Wildman–Crippen LogP) is 1.82. The van der Waals surface area contributed by atoms with E-state index in [9.17, 15) is 4.21 Å². The van der Waals surface area contributed by atoms with E-state index < -0.39 is 10.8 Å². The van der Waals surface area contributed by atoms with Gasteiger partial charge in [-0.15, -0.1) is 0 Å². The Morgan fingerprint density at radius 1 is 1.21 bits per heavy atom. The maximum Gasteiger partial charge on any atom is 0.119 e. The van der Waals surface area contributed by atoms with Gasteiger partial charge in [-0.05, 0) is 37.2 Å².